The van der Waals surface area contributed by atoms with Gasteiger partial charge in [-0.25, -0.2) is 9.59 Å². The molecule has 0 unspecified atom stereocenters. The third kappa shape index (κ3) is 8.15. The van der Waals surface area contributed by atoms with Crippen molar-refractivity contribution < 1.29 is 33.3 Å². The molecule has 0 radical (unpaired) electrons. The summed E-state index contributed by atoms with van der Waals surface area (Å²) in [6.45, 7) is 11.5. The molecule has 0 saturated carbocycles. The molecule has 0 spiro atoms. The number of amides is 1. The van der Waals surface area contributed by atoms with E-state index in [0.717, 1.165) is 5.56 Å². The van der Waals surface area contributed by atoms with Crippen LogP contribution in [0.1, 0.15) is 54.0 Å². The van der Waals surface area contributed by atoms with Crippen molar-refractivity contribution >= 4 is 23.9 Å². The van der Waals surface area contributed by atoms with Crippen LogP contribution in [-0.2, 0) is 30.2 Å². The van der Waals surface area contributed by atoms with Crippen molar-refractivity contribution in [3.8, 4) is 0 Å². The van der Waals surface area contributed by atoms with Crippen molar-refractivity contribution in [1.82, 2.24) is 4.90 Å². The summed E-state index contributed by atoms with van der Waals surface area (Å²) in [7, 11) is 0. The molecular formula is C23H32N4O7. The van der Waals surface area contributed by atoms with E-state index >= 15 is 0 Å². The minimum Gasteiger partial charge on any atom is -0.456 e. The summed E-state index contributed by atoms with van der Waals surface area (Å²) in [6, 6.07) is 6.07. The van der Waals surface area contributed by atoms with Crippen molar-refractivity contribution in [2.45, 2.75) is 84.3 Å². The Labute approximate surface area is 198 Å². The van der Waals surface area contributed by atoms with Gasteiger partial charge in [0.1, 0.15) is 11.2 Å². The van der Waals surface area contributed by atoms with Crippen LogP contribution in [-0.4, -0.2) is 59.1 Å². The van der Waals surface area contributed by atoms with E-state index in [0.29, 0.717) is 5.69 Å². The molecule has 1 aliphatic heterocycles. The van der Waals surface area contributed by atoms with Crippen LogP contribution < -0.4 is 0 Å². The van der Waals surface area contributed by atoms with E-state index < -0.39 is 47.7 Å². The number of azide groups is 1. The lowest BCUT2D eigenvalue weighted by atomic mass is 10.0. The van der Waals surface area contributed by atoms with Crippen LogP contribution in [0.25, 0.3) is 10.4 Å². The normalized spacial score (nSPS) is 20.2. The van der Waals surface area contributed by atoms with Crippen LogP contribution in [0.5, 0.6) is 0 Å². The molecule has 1 saturated heterocycles. The summed E-state index contributed by atoms with van der Waals surface area (Å²) in [4.78, 5) is 41.4. The summed E-state index contributed by atoms with van der Waals surface area (Å²) < 4.78 is 21.8. The Kier molecular flexibility index (Phi) is 8.39. The first-order chi connectivity index (χ1) is 15.7. The lowest BCUT2D eigenvalue weighted by molar-refractivity contribution is -0.153. The molecule has 0 N–H and O–H groups in total. The van der Waals surface area contributed by atoms with E-state index in [4.69, 9.17) is 24.5 Å². The molecule has 1 fully saturated rings. The number of ether oxygens (including phenoxy) is 4. The average Bonchev–Trinajstić information content (AvgIpc) is 2.97. The number of carbonyl (C=O) groups excluding carboxylic acids is 3. The SMILES string of the molecule is CC(=O)O[C@@H]1[C@@H](OC(=O)OC(C)(C)C)CN(C(=O)OC(C)(C)C)[C@@H]1Cc1ccc(N=[N+]=[N-])cc1. The fourth-order valence-corrected chi connectivity index (χ4v) is 3.45. The second kappa shape index (κ2) is 10.6. The van der Waals surface area contributed by atoms with E-state index in [-0.39, 0.29) is 13.0 Å². The van der Waals surface area contributed by atoms with Crippen molar-refractivity contribution in [2.75, 3.05) is 6.54 Å². The van der Waals surface area contributed by atoms with Gasteiger partial charge in [-0.05, 0) is 59.1 Å². The minimum absolute atomic E-state index is 0.0480. The quantitative estimate of drug-likeness (QED) is 0.190. The predicted molar refractivity (Wildman–Crippen MR) is 122 cm³/mol. The zero-order valence-electron chi connectivity index (χ0n) is 20.6. The number of hydrogen-bond donors (Lipinski definition) is 0. The Bertz CT molecular complexity index is 944. The lowest BCUT2D eigenvalue weighted by Gasteiger charge is -2.30. The minimum atomic E-state index is -0.960. The Morgan fingerprint density at radius 2 is 1.62 bits per heavy atom. The summed E-state index contributed by atoms with van der Waals surface area (Å²) >= 11 is 0. The maximum Gasteiger partial charge on any atom is 0.509 e. The van der Waals surface area contributed by atoms with Crippen molar-refractivity contribution in [1.29, 1.82) is 0 Å². The molecule has 0 bridgehead atoms. The van der Waals surface area contributed by atoms with Crippen LogP contribution in [0.15, 0.2) is 29.4 Å². The molecule has 2 rings (SSSR count). The highest BCUT2D eigenvalue weighted by molar-refractivity contribution is 5.71. The van der Waals surface area contributed by atoms with Gasteiger partial charge in [0.2, 0.25) is 0 Å². The van der Waals surface area contributed by atoms with Crippen LogP contribution in [0.2, 0.25) is 0 Å². The number of benzene rings is 1. The van der Waals surface area contributed by atoms with Gasteiger partial charge in [-0.2, -0.15) is 0 Å². The number of hydrogen-bond acceptors (Lipinski definition) is 8. The first-order valence-corrected chi connectivity index (χ1v) is 10.9. The predicted octanol–water partition coefficient (Wildman–Crippen LogP) is 5.04. The standard InChI is InChI=1S/C23H32N4O7/c1-14(28)31-19-17(12-15-8-10-16(11-9-15)25-26-24)27(20(29)33-22(2,3)4)13-18(19)32-21(30)34-23(5,6)7/h8-11,17-19H,12-13H2,1-7H3/t17-,18+,19+/m1/s1. The Morgan fingerprint density at radius 3 is 2.12 bits per heavy atom. The molecule has 3 atom stereocenters. The molecule has 0 aliphatic carbocycles. The van der Waals surface area contributed by atoms with Crippen molar-refractivity contribution in [3.63, 3.8) is 0 Å². The maximum atomic E-state index is 13.0. The molecule has 1 aliphatic rings. The largest absolute Gasteiger partial charge is 0.509 e. The van der Waals surface area contributed by atoms with Crippen molar-refractivity contribution in [2.24, 2.45) is 5.11 Å². The molecule has 1 amide bonds. The smallest absolute Gasteiger partial charge is 0.456 e. The average molecular weight is 477 g/mol. The van der Waals surface area contributed by atoms with E-state index in [1.807, 2.05) is 0 Å². The Morgan fingerprint density at radius 1 is 1.03 bits per heavy atom. The topological polar surface area (TPSA) is 140 Å². The third-order valence-corrected chi connectivity index (χ3v) is 4.63. The van der Waals surface area contributed by atoms with Gasteiger partial charge in [0.05, 0.1) is 12.6 Å². The molecular weight excluding hydrogens is 444 g/mol. The highest BCUT2D eigenvalue weighted by atomic mass is 16.7. The fraction of sp³-hybridized carbons (Fsp3) is 0.609. The third-order valence-electron chi connectivity index (χ3n) is 4.63. The maximum absolute atomic E-state index is 13.0. The molecule has 186 valence electrons. The van der Waals surface area contributed by atoms with Gasteiger partial charge in [0, 0.05) is 17.5 Å². The second-order valence-corrected chi connectivity index (χ2v) is 9.95. The highest BCUT2D eigenvalue weighted by Gasteiger charge is 2.49. The van der Waals surface area contributed by atoms with Gasteiger partial charge >= 0.3 is 18.2 Å². The van der Waals surface area contributed by atoms with Crippen LogP contribution >= 0.6 is 0 Å². The van der Waals surface area contributed by atoms with E-state index in [1.54, 1.807) is 65.8 Å². The number of rotatable bonds is 5. The fourth-order valence-electron chi connectivity index (χ4n) is 3.45. The molecule has 11 nitrogen and oxygen atoms in total. The molecule has 1 aromatic rings. The highest BCUT2D eigenvalue weighted by Crippen LogP contribution is 2.30. The summed E-state index contributed by atoms with van der Waals surface area (Å²) in [5.41, 5.74) is 8.26. The first-order valence-electron chi connectivity index (χ1n) is 10.9. The number of nitrogens with zero attached hydrogens (tertiary/aromatic N) is 4. The van der Waals surface area contributed by atoms with Gasteiger partial charge in [0.25, 0.3) is 0 Å². The lowest BCUT2D eigenvalue weighted by Crippen LogP contribution is -2.45. The number of likely N-dealkylation sites (tertiary alicyclic amines) is 1. The van der Waals surface area contributed by atoms with Gasteiger partial charge in [-0.1, -0.05) is 29.4 Å². The monoisotopic (exact) mass is 476 g/mol. The molecule has 0 aromatic heterocycles. The Balaban J connectivity index is 2.37. The van der Waals surface area contributed by atoms with E-state index in [2.05, 4.69) is 10.0 Å². The van der Waals surface area contributed by atoms with Gasteiger partial charge in [-0.3, -0.25) is 9.69 Å². The van der Waals surface area contributed by atoms with E-state index in [1.165, 1.54) is 11.8 Å². The summed E-state index contributed by atoms with van der Waals surface area (Å²) in [5, 5.41) is 3.55. The van der Waals surface area contributed by atoms with Crippen LogP contribution in [0.3, 0.4) is 0 Å². The van der Waals surface area contributed by atoms with Crippen molar-refractivity contribution in [3.05, 3.63) is 40.3 Å². The Hall–Kier alpha value is -3.46. The van der Waals surface area contributed by atoms with Gasteiger partial charge in [-0.15, -0.1) is 0 Å². The van der Waals surface area contributed by atoms with Crippen LogP contribution in [0, 0.1) is 0 Å². The zero-order valence-corrected chi connectivity index (χ0v) is 20.6. The molecule has 11 heteroatoms. The van der Waals surface area contributed by atoms with Gasteiger partial charge in [0.15, 0.2) is 12.2 Å². The molecule has 1 aromatic carbocycles. The van der Waals surface area contributed by atoms with Crippen LogP contribution in [0.4, 0.5) is 15.3 Å². The summed E-state index contributed by atoms with van der Waals surface area (Å²) in [5.74, 6) is -0.586. The zero-order chi connectivity index (χ0) is 25.7. The van der Waals surface area contributed by atoms with E-state index in [9.17, 15) is 14.4 Å². The van der Waals surface area contributed by atoms with Gasteiger partial charge < -0.3 is 18.9 Å². The number of carbonyl (C=O) groups is 3. The molecule has 34 heavy (non-hydrogen) atoms. The summed E-state index contributed by atoms with van der Waals surface area (Å²) in [6.07, 6.45) is -3.20. The second-order valence-electron chi connectivity index (χ2n) is 9.95. The number of esters is 1. The first kappa shape index (κ1) is 26.8. The molecule has 1 heterocycles.